The summed E-state index contributed by atoms with van der Waals surface area (Å²) in [5.41, 5.74) is 0. The monoisotopic (exact) mass is 99.0 g/mol. The lowest BCUT2D eigenvalue weighted by atomic mass is 10.7. The van der Waals surface area contributed by atoms with Gasteiger partial charge in [0.25, 0.3) is 0 Å². The second kappa shape index (κ2) is 1.99. The maximum atomic E-state index is 2.90. The van der Waals surface area contributed by atoms with Gasteiger partial charge in [0, 0.05) is 18.3 Å². The third kappa shape index (κ3) is 0.836. The minimum atomic E-state index is 1.04. The first-order valence-corrected chi connectivity index (χ1v) is 2.83. The van der Waals surface area contributed by atoms with Gasteiger partial charge >= 0.3 is 0 Å². The van der Waals surface area contributed by atoms with E-state index in [2.05, 4.69) is 16.6 Å². The molecule has 1 nitrogen and oxygen atoms in total. The van der Waals surface area contributed by atoms with E-state index >= 15 is 0 Å². The molecule has 0 amide bonds. The summed E-state index contributed by atoms with van der Waals surface area (Å²) in [5, 5.41) is 5.74. The van der Waals surface area contributed by atoms with E-state index < -0.39 is 0 Å². The molecule has 0 bridgehead atoms. The average Bonchev–Trinajstić information content (AvgIpc) is 1.72. The van der Waals surface area contributed by atoms with Gasteiger partial charge in [-0.05, 0) is 5.25 Å². The van der Waals surface area contributed by atoms with Crippen molar-refractivity contribution in [3.63, 3.8) is 0 Å². The van der Waals surface area contributed by atoms with Gasteiger partial charge in [0.1, 0.15) is 0 Å². The van der Waals surface area contributed by atoms with E-state index in [9.17, 15) is 0 Å². The molecule has 1 N–H and O–H groups in total. The minimum Gasteiger partial charge on any atom is -0.344 e. The highest BCUT2D eigenvalue weighted by Gasteiger charge is 1.84. The average molecular weight is 99.2 g/mol. The Morgan fingerprint density at radius 3 is 2.83 bits per heavy atom. The summed E-state index contributed by atoms with van der Waals surface area (Å²) < 4.78 is 0. The lowest BCUT2D eigenvalue weighted by Gasteiger charge is -1.96. The van der Waals surface area contributed by atoms with Gasteiger partial charge in [0.15, 0.2) is 0 Å². The summed E-state index contributed by atoms with van der Waals surface area (Å²) >= 11 is 1.67. The Bertz CT molecular complexity index is 79.5. The van der Waals surface area contributed by atoms with Crippen molar-refractivity contribution in [1.29, 1.82) is 0 Å². The third-order valence-electron chi connectivity index (χ3n) is 0.541. The smallest absolute Gasteiger partial charge is 0.0330 e. The molecule has 0 saturated carbocycles. The highest BCUT2D eigenvalue weighted by Crippen LogP contribution is 1.94. The predicted molar refractivity (Wildman–Crippen MR) is 28.2 cm³/mol. The summed E-state index contributed by atoms with van der Waals surface area (Å²) in [4.78, 5) is 0. The van der Waals surface area contributed by atoms with Crippen LogP contribution in [0.25, 0.3) is 0 Å². The molecule has 0 saturated heterocycles. The SMILES string of the molecule is C1#CSCCN1. The van der Waals surface area contributed by atoms with Crippen LogP contribution in [0.1, 0.15) is 0 Å². The molecule has 1 aliphatic rings. The van der Waals surface area contributed by atoms with Gasteiger partial charge in [-0.3, -0.25) is 0 Å². The molecule has 6 heavy (non-hydrogen) atoms. The van der Waals surface area contributed by atoms with Crippen molar-refractivity contribution in [2.75, 3.05) is 12.3 Å². The van der Waals surface area contributed by atoms with Crippen LogP contribution in [0.5, 0.6) is 0 Å². The van der Waals surface area contributed by atoms with E-state index in [1.54, 1.807) is 11.8 Å². The molecule has 0 aliphatic carbocycles. The molecular formula is C4H5NS. The molecule has 0 aromatic heterocycles. The maximum absolute atomic E-state index is 2.90. The number of hydrogen-bond acceptors (Lipinski definition) is 2. The number of thioether (sulfide) groups is 1. The van der Waals surface area contributed by atoms with Crippen molar-refractivity contribution in [3.05, 3.63) is 0 Å². The molecule has 0 fully saturated rings. The molecule has 1 rings (SSSR count). The fourth-order valence-electron chi connectivity index (χ4n) is 0.288. The molecular weight excluding hydrogens is 94.1 g/mol. The van der Waals surface area contributed by atoms with Crippen LogP contribution in [-0.4, -0.2) is 12.3 Å². The first kappa shape index (κ1) is 3.89. The largest absolute Gasteiger partial charge is 0.344 e. The Kier molecular flexibility index (Phi) is 1.29. The van der Waals surface area contributed by atoms with Crippen LogP contribution in [0.4, 0.5) is 0 Å². The zero-order valence-electron chi connectivity index (χ0n) is 3.32. The maximum Gasteiger partial charge on any atom is 0.0330 e. The van der Waals surface area contributed by atoms with Gasteiger partial charge in [-0.25, -0.2) is 0 Å². The molecule has 32 valence electrons. The van der Waals surface area contributed by atoms with Gasteiger partial charge in [-0.2, -0.15) is 0 Å². The first-order chi connectivity index (χ1) is 3.00. The fraction of sp³-hybridized carbons (Fsp3) is 0.500. The molecule has 0 radical (unpaired) electrons. The zero-order valence-corrected chi connectivity index (χ0v) is 4.14. The van der Waals surface area contributed by atoms with Crippen LogP contribution in [0.2, 0.25) is 0 Å². The summed E-state index contributed by atoms with van der Waals surface area (Å²) in [7, 11) is 0. The van der Waals surface area contributed by atoms with Crippen LogP contribution >= 0.6 is 11.8 Å². The Balaban J connectivity index is 2.36. The van der Waals surface area contributed by atoms with Gasteiger partial charge < -0.3 is 5.32 Å². The summed E-state index contributed by atoms with van der Waals surface area (Å²) in [6, 6.07) is 2.75. The number of hydrogen-bond donors (Lipinski definition) is 1. The van der Waals surface area contributed by atoms with Crippen LogP contribution in [0.15, 0.2) is 0 Å². The Morgan fingerprint density at radius 2 is 2.67 bits per heavy atom. The quantitative estimate of drug-likeness (QED) is 0.437. The lowest BCUT2D eigenvalue weighted by Crippen LogP contribution is -2.11. The normalized spacial score (nSPS) is 17.3. The molecule has 2 heteroatoms. The highest BCUT2D eigenvalue weighted by molar-refractivity contribution is 8.03. The van der Waals surface area contributed by atoms with Crippen molar-refractivity contribution in [3.8, 4) is 11.3 Å². The Labute approximate surface area is 41.5 Å². The van der Waals surface area contributed by atoms with Gasteiger partial charge in [-0.1, -0.05) is 11.8 Å². The zero-order chi connectivity index (χ0) is 4.24. The van der Waals surface area contributed by atoms with Crippen molar-refractivity contribution < 1.29 is 0 Å². The van der Waals surface area contributed by atoms with Crippen LogP contribution in [0, 0.1) is 11.3 Å². The van der Waals surface area contributed by atoms with Gasteiger partial charge in [0.05, 0.1) is 0 Å². The van der Waals surface area contributed by atoms with E-state index in [1.807, 2.05) is 0 Å². The lowest BCUT2D eigenvalue weighted by molar-refractivity contribution is 0.960. The Hall–Kier alpha value is -0.290. The number of rotatable bonds is 0. The molecule has 0 aromatic carbocycles. The van der Waals surface area contributed by atoms with Crippen molar-refractivity contribution in [1.82, 2.24) is 5.32 Å². The van der Waals surface area contributed by atoms with E-state index in [1.165, 1.54) is 0 Å². The molecule has 1 heterocycles. The molecule has 0 aromatic rings. The predicted octanol–water partition coefficient (Wildman–Crippen LogP) is 0.241. The van der Waals surface area contributed by atoms with Gasteiger partial charge in [0.2, 0.25) is 0 Å². The number of nitrogens with one attached hydrogen (secondary N) is 1. The molecule has 1 aliphatic heterocycles. The second-order valence-electron chi connectivity index (χ2n) is 1.00. The van der Waals surface area contributed by atoms with Crippen LogP contribution in [0.3, 0.4) is 0 Å². The van der Waals surface area contributed by atoms with Crippen LogP contribution < -0.4 is 5.32 Å². The topological polar surface area (TPSA) is 12.0 Å². The van der Waals surface area contributed by atoms with E-state index in [4.69, 9.17) is 0 Å². The van der Waals surface area contributed by atoms with E-state index in [0.29, 0.717) is 0 Å². The van der Waals surface area contributed by atoms with Crippen molar-refractivity contribution in [2.45, 2.75) is 0 Å². The molecule has 0 spiro atoms. The second-order valence-corrected chi connectivity index (χ2v) is 1.90. The first-order valence-electron chi connectivity index (χ1n) is 1.85. The third-order valence-corrected chi connectivity index (χ3v) is 1.20. The standard InChI is InChI=1S/C4H5NS/c1-3-6-4-2-5-1/h5H,1,3H2. The summed E-state index contributed by atoms with van der Waals surface area (Å²) in [6.07, 6.45) is 0. The van der Waals surface area contributed by atoms with Crippen molar-refractivity contribution in [2.24, 2.45) is 0 Å². The Morgan fingerprint density at radius 1 is 1.67 bits per heavy atom. The highest BCUT2D eigenvalue weighted by atomic mass is 32.2. The molecule has 0 unspecified atom stereocenters. The van der Waals surface area contributed by atoms with Crippen molar-refractivity contribution >= 4 is 11.8 Å². The summed E-state index contributed by atoms with van der Waals surface area (Å²) in [6.45, 7) is 1.04. The van der Waals surface area contributed by atoms with Gasteiger partial charge in [-0.15, -0.1) is 0 Å². The van der Waals surface area contributed by atoms with Crippen LogP contribution in [-0.2, 0) is 0 Å². The summed E-state index contributed by atoms with van der Waals surface area (Å²) in [5.74, 6) is 1.13. The van der Waals surface area contributed by atoms with E-state index in [-0.39, 0.29) is 0 Å². The molecule has 0 atom stereocenters. The fourth-order valence-corrected chi connectivity index (χ4v) is 0.738. The van der Waals surface area contributed by atoms with E-state index in [0.717, 1.165) is 12.3 Å². The minimum absolute atomic E-state index is 1.04.